The van der Waals surface area contributed by atoms with Gasteiger partial charge in [0.25, 0.3) is 0 Å². The lowest BCUT2D eigenvalue weighted by molar-refractivity contribution is -0.143. The lowest BCUT2D eigenvalue weighted by Crippen LogP contribution is -2.27. The average Bonchev–Trinajstić information content (AvgIpc) is 3.14. The summed E-state index contributed by atoms with van der Waals surface area (Å²) < 4.78 is 4.87. The molecule has 0 aliphatic heterocycles. The number of anilines is 1. The van der Waals surface area contributed by atoms with Gasteiger partial charge in [0.05, 0.1) is 18.7 Å². The van der Waals surface area contributed by atoms with E-state index in [0.717, 1.165) is 23.7 Å². The Morgan fingerprint density at radius 2 is 2.24 bits per heavy atom. The summed E-state index contributed by atoms with van der Waals surface area (Å²) in [4.78, 5) is 27.1. The first kappa shape index (κ1) is 15.8. The lowest BCUT2D eigenvalue weighted by atomic mass is 10.2. The minimum absolute atomic E-state index is 0.0871. The summed E-state index contributed by atoms with van der Waals surface area (Å²) in [6.45, 7) is 2.77. The van der Waals surface area contributed by atoms with Gasteiger partial charge in [0, 0.05) is 30.8 Å². The quantitative estimate of drug-likeness (QED) is 0.679. The van der Waals surface area contributed by atoms with Crippen LogP contribution in [0.1, 0.15) is 38.3 Å². The molecule has 2 rings (SSSR count). The van der Waals surface area contributed by atoms with E-state index in [1.54, 1.807) is 6.92 Å². The molecule has 0 spiro atoms. The summed E-state index contributed by atoms with van der Waals surface area (Å²) in [5, 5.41) is 8.78. The molecule has 1 aliphatic carbocycles. The minimum atomic E-state index is -0.197. The Morgan fingerprint density at radius 3 is 2.95 bits per heavy atom. The molecule has 1 heterocycles. The monoisotopic (exact) mass is 311 g/mol. The van der Waals surface area contributed by atoms with Crippen molar-refractivity contribution in [3.8, 4) is 0 Å². The van der Waals surface area contributed by atoms with E-state index < -0.39 is 0 Å². The molecule has 1 aromatic rings. The second kappa shape index (κ2) is 7.97. The highest BCUT2D eigenvalue weighted by Gasteiger charge is 2.22. The number of esters is 1. The van der Waals surface area contributed by atoms with Gasteiger partial charge >= 0.3 is 5.97 Å². The summed E-state index contributed by atoms with van der Waals surface area (Å²) >= 11 is 1.49. The molecule has 7 heteroatoms. The Bertz CT molecular complexity index is 486. The first-order valence-corrected chi connectivity index (χ1v) is 8.18. The van der Waals surface area contributed by atoms with Crippen molar-refractivity contribution in [3.63, 3.8) is 0 Å². The maximum absolute atomic E-state index is 11.5. The van der Waals surface area contributed by atoms with E-state index in [0.29, 0.717) is 38.5 Å². The zero-order valence-electron chi connectivity index (χ0n) is 12.2. The highest BCUT2D eigenvalue weighted by Crippen LogP contribution is 2.19. The number of carbonyl (C=O) groups is 2. The third-order valence-electron chi connectivity index (χ3n) is 3.01. The highest BCUT2D eigenvalue weighted by molar-refractivity contribution is 7.13. The van der Waals surface area contributed by atoms with Gasteiger partial charge in [-0.3, -0.25) is 9.59 Å². The normalized spacial score (nSPS) is 13.8. The molecule has 0 unspecified atom stereocenters. The van der Waals surface area contributed by atoms with E-state index in [1.165, 1.54) is 11.3 Å². The number of nitrogens with one attached hydrogen (secondary N) is 2. The predicted molar refractivity (Wildman–Crippen MR) is 81.3 cm³/mol. The van der Waals surface area contributed by atoms with Crippen LogP contribution >= 0.6 is 11.3 Å². The van der Waals surface area contributed by atoms with Crippen LogP contribution in [0.2, 0.25) is 0 Å². The maximum Gasteiger partial charge on any atom is 0.306 e. The van der Waals surface area contributed by atoms with Crippen molar-refractivity contribution in [3.05, 3.63) is 11.1 Å². The van der Waals surface area contributed by atoms with Crippen LogP contribution in [0.5, 0.6) is 0 Å². The van der Waals surface area contributed by atoms with Crippen molar-refractivity contribution in [1.82, 2.24) is 10.3 Å². The molecule has 1 saturated carbocycles. The van der Waals surface area contributed by atoms with Gasteiger partial charge in [-0.2, -0.15) is 0 Å². The van der Waals surface area contributed by atoms with Crippen molar-refractivity contribution in [2.75, 3.05) is 18.5 Å². The number of ether oxygens (including phenoxy) is 1. The van der Waals surface area contributed by atoms with Crippen LogP contribution in [0.4, 0.5) is 5.13 Å². The van der Waals surface area contributed by atoms with Crippen LogP contribution in [-0.4, -0.2) is 36.1 Å². The molecule has 2 N–H and O–H groups in total. The summed E-state index contributed by atoms with van der Waals surface area (Å²) in [7, 11) is 0. The molecule has 1 aliphatic rings. The number of amides is 1. The first-order chi connectivity index (χ1) is 10.2. The lowest BCUT2D eigenvalue weighted by Gasteiger charge is -2.03. The summed E-state index contributed by atoms with van der Waals surface area (Å²) in [6, 6.07) is 0.409. The zero-order chi connectivity index (χ0) is 15.1. The van der Waals surface area contributed by atoms with Crippen LogP contribution in [0.25, 0.3) is 0 Å². The van der Waals surface area contributed by atoms with E-state index in [1.807, 2.05) is 5.38 Å². The van der Waals surface area contributed by atoms with Crippen LogP contribution in [-0.2, 0) is 20.7 Å². The molecule has 0 radical (unpaired) electrons. The van der Waals surface area contributed by atoms with Crippen molar-refractivity contribution in [2.45, 2.75) is 45.1 Å². The van der Waals surface area contributed by atoms with Crippen LogP contribution in [0.15, 0.2) is 5.38 Å². The second-order valence-corrected chi connectivity index (χ2v) is 5.83. The summed E-state index contributed by atoms with van der Waals surface area (Å²) in [6.07, 6.45) is 3.60. The van der Waals surface area contributed by atoms with Crippen LogP contribution < -0.4 is 10.6 Å². The van der Waals surface area contributed by atoms with Crippen LogP contribution in [0.3, 0.4) is 0 Å². The molecule has 0 bridgehead atoms. The van der Waals surface area contributed by atoms with Gasteiger partial charge in [-0.1, -0.05) is 0 Å². The van der Waals surface area contributed by atoms with Gasteiger partial charge in [-0.25, -0.2) is 4.98 Å². The molecule has 21 heavy (non-hydrogen) atoms. The molecule has 116 valence electrons. The van der Waals surface area contributed by atoms with Crippen LogP contribution in [0, 0.1) is 0 Å². The topological polar surface area (TPSA) is 80.3 Å². The fraction of sp³-hybridized carbons (Fsp3) is 0.643. The molecular formula is C14H21N3O3S. The predicted octanol–water partition coefficient (Wildman–Crippen LogP) is 1.72. The largest absolute Gasteiger partial charge is 0.466 e. The SMILES string of the molecule is CCOC(=O)CCc1csc(NCCC(=O)NC2CC2)n1. The Morgan fingerprint density at radius 1 is 1.43 bits per heavy atom. The zero-order valence-corrected chi connectivity index (χ0v) is 13.0. The minimum Gasteiger partial charge on any atom is -0.466 e. The Labute approximate surface area is 128 Å². The number of rotatable bonds is 9. The number of hydrogen-bond donors (Lipinski definition) is 2. The number of aromatic nitrogens is 1. The standard InChI is InChI=1S/C14H21N3O3S/c1-2-20-13(19)6-5-11-9-21-14(17-11)15-8-7-12(18)16-10-3-4-10/h9-10H,2-8H2,1H3,(H,15,17)(H,16,18). The number of nitrogens with zero attached hydrogens (tertiary/aromatic N) is 1. The molecule has 1 amide bonds. The number of aryl methyl sites for hydroxylation is 1. The molecule has 1 fully saturated rings. The van der Waals surface area contributed by atoms with E-state index in [4.69, 9.17) is 4.74 Å². The number of carbonyl (C=O) groups excluding carboxylic acids is 2. The molecule has 0 saturated heterocycles. The molecule has 1 aromatic heterocycles. The number of thiazole rings is 1. The van der Waals surface area contributed by atoms with Gasteiger partial charge in [0.15, 0.2) is 5.13 Å². The Hall–Kier alpha value is -1.63. The molecule has 6 nitrogen and oxygen atoms in total. The first-order valence-electron chi connectivity index (χ1n) is 7.30. The molecule has 0 aromatic carbocycles. The Balaban J connectivity index is 1.62. The smallest absolute Gasteiger partial charge is 0.306 e. The van der Waals surface area contributed by atoms with Crippen molar-refractivity contribution in [1.29, 1.82) is 0 Å². The summed E-state index contributed by atoms with van der Waals surface area (Å²) in [5.74, 6) is -0.110. The fourth-order valence-corrected chi connectivity index (χ4v) is 2.55. The molecular weight excluding hydrogens is 290 g/mol. The molecule has 0 atom stereocenters. The van der Waals surface area contributed by atoms with Gasteiger partial charge in [-0.05, 0) is 19.8 Å². The van der Waals surface area contributed by atoms with Crippen molar-refractivity contribution < 1.29 is 14.3 Å². The fourth-order valence-electron chi connectivity index (χ4n) is 1.78. The van der Waals surface area contributed by atoms with E-state index >= 15 is 0 Å². The Kier molecular flexibility index (Phi) is 5.98. The van der Waals surface area contributed by atoms with Gasteiger partial charge in [0.1, 0.15) is 0 Å². The maximum atomic E-state index is 11.5. The van der Waals surface area contributed by atoms with Gasteiger partial charge < -0.3 is 15.4 Å². The van der Waals surface area contributed by atoms with E-state index in [9.17, 15) is 9.59 Å². The summed E-state index contributed by atoms with van der Waals surface area (Å²) in [5.41, 5.74) is 0.873. The highest BCUT2D eigenvalue weighted by atomic mass is 32.1. The van der Waals surface area contributed by atoms with Crippen molar-refractivity contribution in [2.24, 2.45) is 0 Å². The van der Waals surface area contributed by atoms with E-state index in [-0.39, 0.29) is 11.9 Å². The van der Waals surface area contributed by atoms with E-state index in [2.05, 4.69) is 15.6 Å². The third kappa shape index (κ3) is 6.12. The third-order valence-corrected chi connectivity index (χ3v) is 3.86. The number of hydrogen-bond acceptors (Lipinski definition) is 6. The van der Waals surface area contributed by atoms with Crippen molar-refractivity contribution >= 4 is 28.3 Å². The second-order valence-electron chi connectivity index (χ2n) is 4.97. The van der Waals surface area contributed by atoms with Gasteiger partial charge in [-0.15, -0.1) is 11.3 Å². The van der Waals surface area contributed by atoms with Gasteiger partial charge in [0.2, 0.25) is 5.91 Å². The average molecular weight is 311 g/mol.